The summed E-state index contributed by atoms with van der Waals surface area (Å²) in [6, 6.07) is 15.9. The van der Waals surface area contributed by atoms with E-state index in [4.69, 9.17) is 9.47 Å². The van der Waals surface area contributed by atoms with Crippen LogP contribution in [0.2, 0.25) is 0 Å². The van der Waals surface area contributed by atoms with Gasteiger partial charge in [-0.3, -0.25) is 28.8 Å². The van der Waals surface area contributed by atoms with E-state index in [-0.39, 0.29) is 51.0 Å². The Labute approximate surface area is 306 Å². The van der Waals surface area contributed by atoms with Crippen LogP contribution in [0, 0.1) is 11.8 Å². The van der Waals surface area contributed by atoms with Gasteiger partial charge in [0.25, 0.3) is 0 Å². The molecule has 2 aromatic carbocycles. The minimum Gasteiger partial charge on any atom is -0.461 e. The molecule has 0 bridgehead atoms. The summed E-state index contributed by atoms with van der Waals surface area (Å²) in [5, 5.41) is 8.25. The van der Waals surface area contributed by atoms with Gasteiger partial charge < -0.3 is 30.3 Å². The predicted octanol–water partition coefficient (Wildman–Crippen LogP) is 3.65. The molecule has 282 valence electrons. The minimum atomic E-state index is -1.34. The van der Waals surface area contributed by atoms with Gasteiger partial charge in [-0.2, -0.15) is 0 Å². The Balaban J connectivity index is 1.42. The maximum absolute atomic E-state index is 13.9. The highest BCUT2D eigenvalue weighted by Gasteiger charge is 2.34. The van der Waals surface area contributed by atoms with Crippen LogP contribution in [0.15, 0.2) is 60.7 Å². The highest BCUT2D eigenvalue weighted by Crippen LogP contribution is 2.28. The number of carbonyl (C=O) groups is 6. The van der Waals surface area contributed by atoms with E-state index in [0.29, 0.717) is 31.7 Å². The van der Waals surface area contributed by atoms with Gasteiger partial charge >= 0.3 is 5.97 Å². The van der Waals surface area contributed by atoms with Crippen molar-refractivity contribution in [3.63, 3.8) is 0 Å². The second-order valence-electron chi connectivity index (χ2n) is 13.9. The van der Waals surface area contributed by atoms with Crippen molar-refractivity contribution in [1.29, 1.82) is 0 Å². The van der Waals surface area contributed by atoms with Crippen LogP contribution in [0.3, 0.4) is 0 Å². The Bertz CT molecular complexity index is 1460. The fourth-order valence-corrected chi connectivity index (χ4v) is 6.76. The molecule has 2 fully saturated rings. The quantitative estimate of drug-likeness (QED) is 0.147. The number of ketones is 1. The molecule has 0 spiro atoms. The maximum Gasteiger partial charge on any atom is 0.308 e. The summed E-state index contributed by atoms with van der Waals surface area (Å²) >= 11 is 0. The summed E-state index contributed by atoms with van der Waals surface area (Å²) in [5.41, 5.74) is 1.55. The Hall–Kier alpha value is -4.58. The first-order valence-corrected chi connectivity index (χ1v) is 18.6. The van der Waals surface area contributed by atoms with Crippen LogP contribution in [0.1, 0.15) is 82.3 Å². The van der Waals surface area contributed by atoms with Crippen molar-refractivity contribution in [1.82, 2.24) is 20.9 Å². The summed E-state index contributed by atoms with van der Waals surface area (Å²) in [4.78, 5) is 80.1. The largest absolute Gasteiger partial charge is 0.461 e. The van der Waals surface area contributed by atoms with E-state index in [1.165, 1.54) is 39.0 Å². The zero-order chi connectivity index (χ0) is 37.1. The first kappa shape index (κ1) is 40.2. The summed E-state index contributed by atoms with van der Waals surface area (Å²) in [6.07, 6.45) is 8.23. The molecule has 1 saturated carbocycles. The third-order valence-electron chi connectivity index (χ3n) is 9.65. The number of amides is 4. The summed E-state index contributed by atoms with van der Waals surface area (Å²) in [6.45, 7) is 2.36. The van der Waals surface area contributed by atoms with Gasteiger partial charge in [0, 0.05) is 32.5 Å². The summed E-state index contributed by atoms with van der Waals surface area (Å²) in [7, 11) is 0. The molecular weight excluding hydrogens is 664 g/mol. The number of carbonyl (C=O) groups excluding carboxylic acids is 6. The van der Waals surface area contributed by atoms with Crippen molar-refractivity contribution in [2.24, 2.45) is 11.8 Å². The highest BCUT2D eigenvalue weighted by molar-refractivity contribution is 5.95. The number of ether oxygens (including phenoxy) is 2. The molecule has 1 aliphatic heterocycles. The standard InChI is InChI=1S/C40H54N4O8/c1-29(45)27-51-23-21-41-39(49)34(24-31-14-7-3-8-15-31)43-40(50)35(25-37(47)52-28-32-16-9-4-10-17-32)42-38(48)33-18-11-22-44(26-33)36(46)20-19-30-12-5-2-6-13-30/h3-4,7-10,14-17,30,33-35H,2,5-6,11-13,18-28H2,1H3,(H,41,49)(H,42,48)(H,43,50)/t33-,34+,35+/m1/s1. The van der Waals surface area contributed by atoms with Crippen molar-refractivity contribution in [3.8, 4) is 0 Å². The molecule has 4 rings (SSSR count). The number of piperidine rings is 1. The lowest BCUT2D eigenvalue weighted by molar-refractivity contribution is -0.147. The molecule has 1 aliphatic carbocycles. The molecule has 52 heavy (non-hydrogen) atoms. The maximum atomic E-state index is 13.9. The van der Waals surface area contributed by atoms with E-state index >= 15 is 0 Å². The second kappa shape index (κ2) is 21.7. The number of rotatable bonds is 19. The minimum absolute atomic E-state index is 0.00670. The SMILES string of the molecule is CC(=O)COCCNC(=O)[C@H](Cc1ccccc1)NC(=O)[C@H](CC(=O)OCc1ccccc1)NC(=O)[C@@H]1CCCN(C(=O)CCC2CCCCC2)C1. The van der Waals surface area contributed by atoms with E-state index in [0.717, 1.165) is 17.5 Å². The molecule has 12 heteroatoms. The van der Waals surface area contributed by atoms with Crippen molar-refractivity contribution >= 4 is 35.4 Å². The molecule has 1 saturated heterocycles. The van der Waals surface area contributed by atoms with Crippen LogP contribution in [-0.4, -0.2) is 85.2 Å². The molecule has 2 aliphatic rings. The average Bonchev–Trinajstić information content (AvgIpc) is 3.16. The lowest BCUT2D eigenvalue weighted by atomic mass is 9.86. The van der Waals surface area contributed by atoms with Gasteiger partial charge in [0.15, 0.2) is 5.78 Å². The molecule has 12 nitrogen and oxygen atoms in total. The third-order valence-corrected chi connectivity index (χ3v) is 9.65. The highest BCUT2D eigenvalue weighted by atomic mass is 16.5. The Morgan fingerprint density at radius 1 is 0.808 bits per heavy atom. The number of esters is 1. The van der Waals surface area contributed by atoms with Crippen LogP contribution in [0.25, 0.3) is 0 Å². The van der Waals surface area contributed by atoms with Crippen LogP contribution < -0.4 is 16.0 Å². The second-order valence-corrected chi connectivity index (χ2v) is 13.9. The molecule has 0 aromatic heterocycles. The Morgan fingerprint density at radius 3 is 2.19 bits per heavy atom. The molecule has 3 atom stereocenters. The average molecular weight is 719 g/mol. The molecule has 4 amide bonds. The smallest absolute Gasteiger partial charge is 0.308 e. The number of hydrogen-bond acceptors (Lipinski definition) is 8. The number of nitrogens with one attached hydrogen (secondary N) is 3. The van der Waals surface area contributed by atoms with Crippen LogP contribution in [0.4, 0.5) is 0 Å². The van der Waals surface area contributed by atoms with Crippen LogP contribution >= 0.6 is 0 Å². The number of likely N-dealkylation sites (tertiary alicyclic amines) is 1. The fourth-order valence-electron chi connectivity index (χ4n) is 6.76. The zero-order valence-electron chi connectivity index (χ0n) is 30.3. The Kier molecular flexibility index (Phi) is 16.8. The van der Waals surface area contributed by atoms with Crippen molar-refractivity contribution in [2.75, 3.05) is 32.8 Å². The van der Waals surface area contributed by atoms with Crippen molar-refractivity contribution in [2.45, 2.75) is 96.2 Å². The lowest BCUT2D eigenvalue weighted by Gasteiger charge is -2.33. The molecular formula is C40H54N4O8. The van der Waals surface area contributed by atoms with E-state index < -0.39 is 48.1 Å². The van der Waals surface area contributed by atoms with E-state index in [2.05, 4.69) is 16.0 Å². The van der Waals surface area contributed by atoms with E-state index in [1.54, 1.807) is 4.90 Å². The first-order valence-electron chi connectivity index (χ1n) is 18.6. The number of nitrogens with zero attached hydrogens (tertiary/aromatic N) is 1. The van der Waals surface area contributed by atoms with Gasteiger partial charge in [0.1, 0.15) is 25.3 Å². The Morgan fingerprint density at radius 2 is 1.50 bits per heavy atom. The normalized spacial score (nSPS) is 17.3. The predicted molar refractivity (Wildman–Crippen MR) is 194 cm³/mol. The fraction of sp³-hybridized carbons (Fsp3) is 0.550. The lowest BCUT2D eigenvalue weighted by Crippen LogP contribution is -2.56. The number of hydrogen-bond donors (Lipinski definition) is 3. The number of Topliss-reactive ketones (excluding diaryl/α,β-unsaturated/α-hetero) is 1. The monoisotopic (exact) mass is 718 g/mol. The van der Waals surface area contributed by atoms with Crippen LogP contribution in [0.5, 0.6) is 0 Å². The van der Waals surface area contributed by atoms with Gasteiger partial charge in [-0.1, -0.05) is 92.8 Å². The summed E-state index contributed by atoms with van der Waals surface area (Å²) < 4.78 is 10.7. The van der Waals surface area contributed by atoms with Crippen molar-refractivity contribution in [3.05, 3.63) is 71.8 Å². The molecule has 2 aromatic rings. The molecule has 0 radical (unpaired) electrons. The molecule has 0 unspecified atom stereocenters. The molecule has 1 heterocycles. The van der Waals surface area contributed by atoms with Gasteiger partial charge in [-0.15, -0.1) is 0 Å². The first-order chi connectivity index (χ1) is 25.2. The zero-order valence-corrected chi connectivity index (χ0v) is 30.3. The number of benzene rings is 2. The molecule has 3 N–H and O–H groups in total. The van der Waals surface area contributed by atoms with E-state index in [1.807, 2.05) is 60.7 Å². The summed E-state index contributed by atoms with van der Waals surface area (Å²) in [5.74, 6) is -2.41. The van der Waals surface area contributed by atoms with Gasteiger partial charge in [0.05, 0.1) is 18.9 Å². The van der Waals surface area contributed by atoms with E-state index in [9.17, 15) is 28.8 Å². The third kappa shape index (κ3) is 14.2. The van der Waals surface area contributed by atoms with Crippen LogP contribution in [-0.2, 0) is 51.3 Å². The van der Waals surface area contributed by atoms with Gasteiger partial charge in [-0.05, 0) is 43.2 Å². The van der Waals surface area contributed by atoms with Crippen molar-refractivity contribution < 1.29 is 38.2 Å². The topological polar surface area (TPSA) is 160 Å². The van der Waals surface area contributed by atoms with Gasteiger partial charge in [-0.25, -0.2) is 0 Å². The van der Waals surface area contributed by atoms with Gasteiger partial charge in [0.2, 0.25) is 23.6 Å².